The van der Waals surface area contributed by atoms with Gasteiger partial charge in [0.2, 0.25) is 0 Å². The van der Waals surface area contributed by atoms with Gasteiger partial charge in [-0.3, -0.25) is 0 Å². The number of halogens is 1. The maximum absolute atomic E-state index is 5.69. The Bertz CT molecular complexity index is 734. The van der Waals surface area contributed by atoms with Crippen LogP contribution in [0.25, 0.3) is 21.9 Å². The summed E-state index contributed by atoms with van der Waals surface area (Å²) < 4.78 is 1.25. The second kappa shape index (κ2) is 5.31. The van der Waals surface area contributed by atoms with E-state index < -0.39 is 0 Å². The lowest BCUT2D eigenvalue weighted by atomic mass is 10.00. The van der Waals surface area contributed by atoms with Crippen LogP contribution in [0.1, 0.15) is 5.56 Å². The van der Waals surface area contributed by atoms with Crippen molar-refractivity contribution in [2.75, 3.05) is 0 Å². The van der Waals surface area contributed by atoms with Crippen LogP contribution in [-0.2, 0) is 6.54 Å². The van der Waals surface area contributed by atoms with Crippen LogP contribution in [0.4, 0.5) is 0 Å². The first-order chi connectivity index (χ1) is 9.26. The quantitative estimate of drug-likeness (QED) is 0.677. The number of nitrogens with two attached hydrogens (primary N) is 1. The molecule has 0 aromatic heterocycles. The van der Waals surface area contributed by atoms with Crippen LogP contribution in [0.15, 0.2) is 54.6 Å². The highest BCUT2D eigenvalue weighted by Gasteiger charge is 2.02. The van der Waals surface area contributed by atoms with Crippen molar-refractivity contribution in [1.82, 2.24) is 0 Å². The number of rotatable bonds is 2. The Hall–Kier alpha value is -1.39. The van der Waals surface area contributed by atoms with Gasteiger partial charge in [-0.05, 0) is 74.3 Å². The Morgan fingerprint density at radius 2 is 1.89 bits per heavy atom. The average molecular weight is 358 g/mol. The molecule has 0 saturated heterocycles. The fraction of sp³-hybridized carbons (Fsp3) is 0.0588. The third-order valence-electron chi connectivity index (χ3n) is 3.19. The highest BCUT2D eigenvalue weighted by atomic mass is 127. The standard InChI is InChI=1S/C17H13IN/c18-17-7-6-15-9-14(4-5-16(15)10-17)13-3-1-2-12(8-13)11-19/h1-8,10H,11,19H2. The highest BCUT2D eigenvalue weighted by molar-refractivity contribution is 14.1. The first-order valence-electron chi connectivity index (χ1n) is 6.17. The molecule has 3 aromatic carbocycles. The van der Waals surface area contributed by atoms with Gasteiger partial charge in [-0.25, -0.2) is 0 Å². The predicted octanol–water partition coefficient (Wildman–Crippen LogP) is 4.37. The van der Waals surface area contributed by atoms with Gasteiger partial charge in [0.15, 0.2) is 0 Å². The molecule has 0 spiro atoms. The summed E-state index contributed by atoms with van der Waals surface area (Å²) in [6, 6.07) is 22.5. The summed E-state index contributed by atoms with van der Waals surface area (Å²) in [4.78, 5) is 0. The summed E-state index contributed by atoms with van der Waals surface area (Å²) in [5.41, 5.74) is 9.12. The number of hydrogen-bond acceptors (Lipinski definition) is 1. The van der Waals surface area contributed by atoms with Gasteiger partial charge in [-0.1, -0.05) is 36.4 Å². The summed E-state index contributed by atoms with van der Waals surface area (Å²) in [6.45, 7) is 0.569. The topological polar surface area (TPSA) is 26.0 Å². The van der Waals surface area contributed by atoms with Gasteiger partial charge in [-0.2, -0.15) is 0 Å². The minimum atomic E-state index is 0.569. The molecule has 3 rings (SSSR count). The molecule has 0 unspecified atom stereocenters. The van der Waals surface area contributed by atoms with E-state index in [2.05, 4.69) is 71.1 Å². The molecule has 2 N–H and O–H groups in total. The third-order valence-corrected chi connectivity index (χ3v) is 3.86. The van der Waals surface area contributed by atoms with Crippen LogP contribution in [0.3, 0.4) is 0 Å². The second-order valence-electron chi connectivity index (χ2n) is 4.51. The molecule has 93 valence electrons. The van der Waals surface area contributed by atoms with Crippen LogP contribution < -0.4 is 5.73 Å². The Kier molecular flexibility index (Phi) is 3.53. The molecule has 0 fully saturated rings. The van der Waals surface area contributed by atoms with Crippen molar-refractivity contribution < 1.29 is 0 Å². The van der Waals surface area contributed by atoms with Gasteiger partial charge in [0, 0.05) is 10.1 Å². The molecule has 1 radical (unpaired) electrons. The van der Waals surface area contributed by atoms with Gasteiger partial charge in [0.05, 0.1) is 0 Å². The third kappa shape index (κ3) is 2.65. The Labute approximate surface area is 126 Å². The maximum atomic E-state index is 5.69. The predicted molar refractivity (Wildman–Crippen MR) is 88.8 cm³/mol. The van der Waals surface area contributed by atoms with Crippen molar-refractivity contribution >= 4 is 33.4 Å². The molecule has 0 bridgehead atoms. The van der Waals surface area contributed by atoms with E-state index in [4.69, 9.17) is 5.73 Å². The molecule has 0 atom stereocenters. The SMILES string of the molecule is NCc1cccc(-c2[c]c3ccc(I)cc3cc2)c1. The Balaban J connectivity index is 2.12. The van der Waals surface area contributed by atoms with Crippen LogP contribution >= 0.6 is 22.6 Å². The number of fused-ring (bicyclic) bond motifs is 1. The first-order valence-corrected chi connectivity index (χ1v) is 7.25. The molecule has 1 nitrogen and oxygen atoms in total. The van der Waals surface area contributed by atoms with Crippen molar-refractivity contribution in [3.8, 4) is 11.1 Å². The molecular weight excluding hydrogens is 345 g/mol. The fourth-order valence-electron chi connectivity index (χ4n) is 2.18. The van der Waals surface area contributed by atoms with Gasteiger partial charge in [0.1, 0.15) is 0 Å². The fourth-order valence-corrected chi connectivity index (χ4v) is 2.69. The molecule has 19 heavy (non-hydrogen) atoms. The van der Waals surface area contributed by atoms with E-state index >= 15 is 0 Å². The van der Waals surface area contributed by atoms with Crippen molar-refractivity contribution in [2.45, 2.75) is 6.54 Å². The van der Waals surface area contributed by atoms with E-state index in [0.717, 1.165) is 16.5 Å². The summed E-state index contributed by atoms with van der Waals surface area (Å²) in [6.07, 6.45) is 0. The summed E-state index contributed by atoms with van der Waals surface area (Å²) in [5, 5.41) is 2.38. The molecule has 3 aromatic rings. The first kappa shape index (κ1) is 12.6. The van der Waals surface area contributed by atoms with E-state index in [1.807, 2.05) is 12.1 Å². The molecule has 0 aliphatic heterocycles. The number of benzene rings is 3. The van der Waals surface area contributed by atoms with E-state index in [1.165, 1.54) is 14.5 Å². The molecule has 2 heteroatoms. The largest absolute Gasteiger partial charge is 0.326 e. The highest BCUT2D eigenvalue weighted by Crippen LogP contribution is 2.25. The summed E-state index contributed by atoms with van der Waals surface area (Å²) in [7, 11) is 0. The van der Waals surface area contributed by atoms with Gasteiger partial charge in [0.25, 0.3) is 0 Å². The molecule has 0 aliphatic carbocycles. The summed E-state index contributed by atoms with van der Waals surface area (Å²) in [5.74, 6) is 0. The normalized spacial score (nSPS) is 10.8. The van der Waals surface area contributed by atoms with Crippen LogP contribution in [0, 0.1) is 9.64 Å². The molecule has 0 saturated carbocycles. The minimum absolute atomic E-state index is 0.569. The Morgan fingerprint density at radius 1 is 1.00 bits per heavy atom. The molecular formula is C17H13IN. The molecule has 0 heterocycles. The lowest BCUT2D eigenvalue weighted by Gasteiger charge is -2.06. The van der Waals surface area contributed by atoms with Crippen LogP contribution in [0.5, 0.6) is 0 Å². The Morgan fingerprint density at radius 3 is 2.74 bits per heavy atom. The van der Waals surface area contributed by atoms with Gasteiger partial charge >= 0.3 is 0 Å². The van der Waals surface area contributed by atoms with Gasteiger partial charge in [-0.15, -0.1) is 0 Å². The minimum Gasteiger partial charge on any atom is -0.326 e. The number of hydrogen-bond donors (Lipinski definition) is 1. The monoisotopic (exact) mass is 358 g/mol. The lowest BCUT2D eigenvalue weighted by molar-refractivity contribution is 1.07. The lowest BCUT2D eigenvalue weighted by Crippen LogP contribution is -1.95. The van der Waals surface area contributed by atoms with E-state index in [1.54, 1.807) is 0 Å². The second-order valence-corrected chi connectivity index (χ2v) is 5.75. The summed E-state index contributed by atoms with van der Waals surface area (Å²) >= 11 is 2.33. The van der Waals surface area contributed by atoms with E-state index in [-0.39, 0.29) is 0 Å². The van der Waals surface area contributed by atoms with Crippen LogP contribution in [-0.4, -0.2) is 0 Å². The van der Waals surface area contributed by atoms with Crippen LogP contribution in [0.2, 0.25) is 0 Å². The zero-order valence-electron chi connectivity index (χ0n) is 10.4. The zero-order chi connectivity index (χ0) is 13.2. The van der Waals surface area contributed by atoms with Crippen molar-refractivity contribution in [3.63, 3.8) is 0 Å². The zero-order valence-corrected chi connectivity index (χ0v) is 12.5. The maximum Gasteiger partial charge on any atom is 0.0178 e. The molecule has 0 aliphatic rings. The smallest absolute Gasteiger partial charge is 0.0178 e. The van der Waals surface area contributed by atoms with E-state index in [0.29, 0.717) is 6.54 Å². The average Bonchev–Trinajstić information content (AvgIpc) is 2.46. The van der Waals surface area contributed by atoms with Crippen molar-refractivity contribution in [2.24, 2.45) is 5.73 Å². The van der Waals surface area contributed by atoms with Crippen molar-refractivity contribution in [1.29, 1.82) is 0 Å². The van der Waals surface area contributed by atoms with Crippen molar-refractivity contribution in [3.05, 3.63) is 69.8 Å². The van der Waals surface area contributed by atoms with Gasteiger partial charge < -0.3 is 5.73 Å². The molecule has 0 amide bonds. The van der Waals surface area contributed by atoms with E-state index in [9.17, 15) is 0 Å².